The Kier molecular flexibility index (Phi) is 6.29. The summed E-state index contributed by atoms with van der Waals surface area (Å²) in [7, 11) is 1.57. The molecule has 0 aliphatic rings. The number of carbonyl (C=O) groups excluding carboxylic acids is 1. The van der Waals surface area contributed by atoms with Crippen LogP contribution in [0.1, 0.15) is 12.8 Å². The predicted molar refractivity (Wildman–Crippen MR) is 83.0 cm³/mol. The van der Waals surface area contributed by atoms with E-state index < -0.39 is 0 Å². The molecule has 1 aromatic heterocycles. The number of imidazole rings is 1. The van der Waals surface area contributed by atoms with Crippen LogP contribution in [-0.2, 0) is 11.3 Å². The standard InChI is InChI=1S/C16H21N3O3/c1-21-14-6-2-3-7-15(14)22-12-16(20)18-8-4-5-10-19-11-9-17-13-19/h2-3,6-7,9,11,13H,4-5,8,10,12H2,1H3,(H,18,20). The number of methoxy groups -OCH3 is 1. The van der Waals surface area contributed by atoms with Crippen molar-refractivity contribution in [1.29, 1.82) is 0 Å². The fourth-order valence-electron chi connectivity index (χ4n) is 2.00. The average Bonchev–Trinajstić information content (AvgIpc) is 3.06. The fraction of sp³-hybridized carbons (Fsp3) is 0.375. The zero-order valence-corrected chi connectivity index (χ0v) is 12.7. The Morgan fingerprint density at radius 1 is 1.27 bits per heavy atom. The molecule has 0 atom stereocenters. The minimum atomic E-state index is -0.131. The first kappa shape index (κ1) is 15.9. The lowest BCUT2D eigenvalue weighted by molar-refractivity contribution is -0.123. The van der Waals surface area contributed by atoms with Crippen molar-refractivity contribution in [3.63, 3.8) is 0 Å². The molecule has 0 saturated carbocycles. The molecule has 6 nitrogen and oxygen atoms in total. The third-order valence-electron chi connectivity index (χ3n) is 3.15. The van der Waals surface area contributed by atoms with E-state index in [0.717, 1.165) is 19.4 Å². The second kappa shape index (κ2) is 8.71. The minimum Gasteiger partial charge on any atom is -0.493 e. The smallest absolute Gasteiger partial charge is 0.257 e. The Morgan fingerprint density at radius 2 is 2.09 bits per heavy atom. The zero-order valence-electron chi connectivity index (χ0n) is 12.7. The number of unbranched alkanes of at least 4 members (excludes halogenated alkanes) is 1. The van der Waals surface area contributed by atoms with Crippen molar-refractivity contribution in [3.8, 4) is 11.5 Å². The van der Waals surface area contributed by atoms with Gasteiger partial charge in [0.15, 0.2) is 18.1 Å². The van der Waals surface area contributed by atoms with E-state index in [4.69, 9.17) is 9.47 Å². The molecular formula is C16H21N3O3. The second-order valence-corrected chi connectivity index (χ2v) is 4.80. The fourth-order valence-corrected chi connectivity index (χ4v) is 2.00. The SMILES string of the molecule is COc1ccccc1OCC(=O)NCCCCn1ccnc1. The van der Waals surface area contributed by atoms with Crippen molar-refractivity contribution in [3.05, 3.63) is 43.0 Å². The highest BCUT2D eigenvalue weighted by Gasteiger charge is 2.06. The molecule has 0 saturated heterocycles. The molecule has 0 aliphatic heterocycles. The van der Waals surface area contributed by atoms with E-state index >= 15 is 0 Å². The van der Waals surface area contributed by atoms with Crippen molar-refractivity contribution < 1.29 is 14.3 Å². The maximum absolute atomic E-state index is 11.7. The molecule has 2 aromatic rings. The summed E-state index contributed by atoms with van der Waals surface area (Å²) in [4.78, 5) is 15.7. The van der Waals surface area contributed by atoms with Gasteiger partial charge in [0, 0.05) is 25.5 Å². The number of amides is 1. The highest BCUT2D eigenvalue weighted by Crippen LogP contribution is 2.25. The summed E-state index contributed by atoms with van der Waals surface area (Å²) in [5, 5.41) is 2.84. The molecule has 1 N–H and O–H groups in total. The van der Waals surface area contributed by atoms with Gasteiger partial charge < -0.3 is 19.4 Å². The lowest BCUT2D eigenvalue weighted by atomic mass is 10.3. The Bertz CT molecular complexity index is 570. The van der Waals surface area contributed by atoms with Crippen LogP contribution in [0, 0.1) is 0 Å². The van der Waals surface area contributed by atoms with Gasteiger partial charge in [-0.2, -0.15) is 0 Å². The van der Waals surface area contributed by atoms with Crippen LogP contribution >= 0.6 is 0 Å². The molecule has 0 fully saturated rings. The number of nitrogens with one attached hydrogen (secondary N) is 1. The molecule has 118 valence electrons. The van der Waals surface area contributed by atoms with Gasteiger partial charge in [-0.05, 0) is 25.0 Å². The highest BCUT2D eigenvalue weighted by atomic mass is 16.5. The summed E-state index contributed by atoms with van der Waals surface area (Å²) in [6, 6.07) is 7.26. The van der Waals surface area contributed by atoms with Crippen molar-refractivity contribution in [2.45, 2.75) is 19.4 Å². The maximum atomic E-state index is 11.7. The summed E-state index contributed by atoms with van der Waals surface area (Å²) in [5.74, 6) is 1.06. The van der Waals surface area contributed by atoms with Crippen molar-refractivity contribution in [1.82, 2.24) is 14.9 Å². The van der Waals surface area contributed by atoms with Crippen LogP contribution in [0.3, 0.4) is 0 Å². The van der Waals surface area contributed by atoms with E-state index in [1.54, 1.807) is 31.8 Å². The van der Waals surface area contributed by atoms with E-state index in [9.17, 15) is 4.79 Å². The van der Waals surface area contributed by atoms with E-state index in [2.05, 4.69) is 10.3 Å². The third-order valence-corrected chi connectivity index (χ3v) is 3.15. The molecule has 22 heavy (non-hydrogen) atoms. The van der Waals surface area contributed by atoms with Crippen LogP contribution in [0.5, 0.6) is 11.5 Å². The lowest BCUT2D eigenvalue weighted by Crippen LogP contribution is -2.29. The number of aromatic nitrogens is 2. The second-order valence-electron chi connectivity index (χ2n) is 4.80. The molecule has 1 heterocycles. The van der Waals surface area contributed by atoms with Gasteiger partial charge in [-0.1, -0.05) is 12.1 Å². The van der Waals surface area contributed by atoms with Gasteiger partial charge in [-0.3, -0.25) is 4.79 Å². The van der Waals surface area contributed by atoms with Gasteiger partial charge in [-0.25, -0.2) is 4.98 Å². The number of rotatable bonds is 9. The molecule has 0 bridgehead atoms. The van der Waals surface area contributed by atoms with E-state index in [1.165, 1.54) is 0 Å². The monoisotopic (exact) mass is 303 g/mol. The van der Waals surface area contributed by atoms with Crippen LogP contribution in [0.2, 0.25) is 0 Å². The summed E-state index contributed by atoms with van der Waals surface area (Å²) in [5.41, 5.74) is 0. The summed E-state index contributed by atoms with van der Waals surface area (Å²) in [6.45, 7) is 1.54. The first-order valence-electron chi connectivity index (χ1n) is 7.28. The molecule has 6 heteroatoms. The molecular weight excluding hydrogens is 282 g/mol. The van der Waals surface area contributed by atoms with Gasteiger partial charge >= 0.3 is 0 Å². The Labute approximate surface area is 130 Å². The highest BCUT2D eigenvalue weighted by molar-refractivity contribution is 5.77. The lowest BCUT2D eigenvalue weighted by Gasteiger charge is -2.10. The van der Waals surface area contributed by atoms with Gasteiger partial charge in [-0.15, -0.1) is 0 Å². The van der Waals surface area contributed by atoms with Gasteiger partial charge in [0.25, 0.3) is 5.91 Å². The number of aryl methyl sites for hydroxylation is 1. The van der Waals surface area contributed by atoms with Crippen molar-refractivity contribution in [2.75, 3.05) is 20.3 Å². The third kappa shape index (κ3) is 5.12. The average molecular weight is 303 g/mol. The van der Waals surface area contributed by atoms with Crippen LogP contribution in [0.4, 0.5) is 0 Å². The number of para-hydroxylation sites is 2. The van der Waals surface area contributed by atoms with E-state index in [0.29, 0.717) is 18.0 Å². The van der Waals surface area contributed by atoms with Crippen LogP contribution < -0.4 is 14.8 Å². The van der Waals surface area contributed by atoms with Crippen molar-refractivity contribution in [2.24, 2.45) is 0 Å². The molecule has 1 amide bonds. The Hall–Kier alpha value is -2.50. The molecule has 1 aromatic carbocycles. The maximum Gasteiger partial charge on any atom is 0.257 e. The Morgan fingerprint density at radius 3 is 2.82 bits per heavy atom. The summed E-state index contributed by atoms with van der Waals surface area (Å²) < 4.78 is 12.6. The van der Waals surface area contributed by atoms with E-state index in [1.807, 2.05) is 22.9 Å². The zero-order chi connectivity index (χ0) is 15.6. The number of hydrogen-bond donors (Lipinski definition) is 1. The number of ether oxygens (including phenoxy) is 2. The molecule has 0 radical (unpaired) electrons. The van der Waals surface area contributed by atoms with Gasteiger partial charge in [0.05, 0.1) is 13.4 Å². The topological polar surface area (TPSA) is 65.4 Å². The molecule has 0 aliphatic carbocycles. The van der Waals surface area contributed by atoms with Gasteiger partial charge in [0.1, 0.15) is 0 Å². The number of nitrogens with zero attached hydrogens (tertiary/aromatic N) is 2. The normalized spacial score (nSPS) is 10.2. The van der Waals surface area contributed by atoms with Crippen LogP contribution in [0.25, 0.3) is 0 Å². The van der Waals surface area contributed by atoms with Crippen molar-refractivity contribution >= 4 is 5.91 Å². The minimum absolute atomic E-state index is 0.0120. The Balaban J connectivity index is 1.59. The molecule has 0 spiro atoms. The van der Waals surface area contributed by atoms with Gasteiger partial charge in [0.2, 0.25) is 0 Å². The number of benzene rings is 1. The molecule has 0 unspecified atom stereocenters. The number of carbonyl (C=O) groups is 1. The van der Waals surface area contributed by atoms with E-state index in [-0.39, 0.29) is 12.5 Å². The predicted octanol–water partition coefficient (Wildman–Crippen LogP) is 1.87. The first-order valence-corrected chi connectivity index (χ1v) is 7.28. The largest absolute Gasteiger partial charge is 0.493 e. The first-order chi connectivity index (χ1) is 10.8. The van der Waals surface area contributed by atoms with Crippen LogP contribution in [-0.4, -0.2) is 35.7 Å². The summed E-state index contributed by atoms with van der Waals surface area (Å²) >= 11 is 0. The number of hydrogen-bond acceptors (Lipinski definition) is 4. The van der Waals surface area contributed by atoms with Crippen LogP contribution in [0.15, 0.2) is 43.0 Å². The quantitative estimate of drug-likeness (QED) is 0.718. The molecule has 2 rings (SSSR count). The summed E-state index contributed by atoms with van der Waals surface area (Å²) in [6.07, 6.45) is 7.39.